The van der Waals surface area contributed by atoms with E-state index in [-0.39, 0.29) is 5.82 Å². The highest BCUT2D eigenvalue weighted by Gasteiger charge is 2.19. The highest BCUT2D eigenvalue weighted by molar-refractivity contribution is 5.17. The predicted octanol–water partition coefficient (Wildman–Crippen LogP) is 4.56. The lowest BCUT2D eigenvalue weighted by atomic mass is 9.86. The van der Waals surface area contributed by atoms with Crippen LogP contribution >= 0.6 is 0 Å². The monoisotopic (exact) mass is 265 g/mol. The Labute approximate surface area is 117 Å². The fourth-order valence-electron chi connectivity index (χ4n) is 2.83. The molecule has 0 aromatic heterocycles. The van der Waals surface area contributed by atoms with Gasteiger partial charge in [0.1, 0.15) is 5.82 Å². The molecule has 0 heterocycles. The van der Waals surface area contributed by atoms with Crippen LogP contribution in [0.4, 0.5) is 4.39 Å². The van der Waals surface area contributed by atoms with Gasteiger partial charge in [0.2, 0.25) is 0 Å². The minimum atomic E-state index is -0.151. The van der Waals surface area contributed by atoms with Gasteiger partial charge < -0.3 is 5.32 Å². The molecule has 0 aliphatic carbocycles. The van der Waals surface area contributed by atoms with E-state index in [0.717, 1.165) is 18.9 Å². The van der Waals surface area contributed by atoms with E-state index < -0.39 is 0 Å². The molecule has 2 heteroatoms. The van der Waals surface area contributed by atoms with Crippen LogP contribution in [0.25, 0.3) is 0 Å². The van der Waals surface area contributed by atoms with E-state index in [4.69, 9.17) is 0 Å². The van der Waals surface area contributed by atoms with Crippen molar-refractivity contribution in [2.75, 3.05) is 6.54 Å². The van der Waals surface area contributed by atoms with E-state index in [1.165, 1.54) is 31.2 Å². The first-order chi connectivity index (χ1) is 9.21. The van der Waals surface area contributed by atoms with Gasteiger partial charge in [-0.05, 0) is 49.4 Å². The van der Waals surface area contributed by atoms with E-state index in [9.17, 15) is 4.39 Å². The summed E-state index contributed by atoms with van der Waals surface area (Å²) in [6.07, 6.45) is 6.00. The first kappa shape index (κ1) is 16.2. The lowest BCUT2D eigenvalue weighted by Gasteiger charge is -2.28. The molecule has 1 N–H and O–H groups in total. The summed E-state index contributed by atoms with van der Waals surface area (Å²) in [6, 6.07) is 7.46. The van der Waals surface area contributed by atoms with Crippen molar-refractivity contribution in [3.63, 3.8) is 0 Å². The Morgan fingerprint density at radius 2 is 1.58 bits per heavy atom. The second-order valence-corrected chi connectivity index (χ2v) is 5.33. The van der Waals surface area contributed by atoms with Crippen molar-refractivity contribution in [3.8, 4) is 0 Å². The van der Waals surface area contributed by atoms with Crippen LogP contribution in [0.1, 0.15) is 52.0 Å². The molecule has 1 aromatic carbocycles. The highest BCUT2D eigenvalue weighted by Crippen LogP contribution is 2.21. The first-order valence-corrected chi connectivity index (χ1v) is 7.69. The van der Waals surface area contributed by atoms with Crippen LogP contribution in [-0.4, -0.2) is 12.6 Å². The summed E-state index contributed by atoms with van der Waals surface area (Å²) >= 11 is 0. The third kappa shape index (κ3) is 5.73. The molecule has 19 heavy (non-hydrogen) atoms. The molecule has 0 bridgehead atoms. The Morgan fingerprint density at radius 3 is 2.05 bits per heavy atom. The van der Waals surface area contributed by atoms with Gasteiger partial charge in [-0.2, -0.15) is 0 Å². The summed E-state index contributed by atoms with van der Waals surface area (Å²) in [4.78, 5) is 0. The molecule has 0 radical (unpaired) electrons. The Morgan fingerprint density at radius 1 is 1.00 bits per heavy atom. The third-order valence-electron chi connectivity index (χ3n) is 3.72. The molecule has 0 amide bonds. The zero-order valence-electron chi connectivity index (χ0n) is 12.6. The van der Waals surface area contributed by atoms with Gasteiger partial charge in [-0.25, -0.2) is 4.39 Å². The maximum Gasteiger partial charge on any atom is 0.123 e. The molecule has 0 saturated heterocycles. The normalized spacial score (nSPS) is 12.9. The predicted molar refractivity (Wildman–Crippen MR) is 80.9 cm³/mol. The largest absolute Gasteiger partial charge is 0.314 e. The molecule has 108 valence electrons. The standard InChI is InChI=1S/C17H28FN/c1-4-7-15(8-5-2)17(19-6-3)13-14-9-11-16(18)12-10-14/h9-12,15,17,19H,4-8,13H2,1-3H3. The van der Waals surface area contributed by atoms with Crippen molar-refractivity contribution in [1.82, 2.24) is 5.32 Å². The maximum absolute atomic E-state index is 13.0. The van der Waals surface area contributed by atoms with Gasteiger partial charge in [0.15, 0.2) is 0 Å². The highest BCUT2D eigenvalue weighted by atomic mass is 19.1. The molecular weight excluding hydrogens is 237 g/mol. The van der Waals surface area contributed by atoms with Crippen molar-refractivity contribution in [3.05, 3.63) is 35.6 Å². The van der Waals surface area contributed by atoms with Crippen molar-refractivity contribution in [2.45, 2.75) is 58.9 Å². The second-order valence-electron chi connectivity index (χ2n) is 5.33. The number of halogens is 1. The minimum absolute atomic E-state index is 0.151. The quantitative estimate of drug-likeness (QED) is 0.690. The van der Waals surface area contributed by atoms with Gasteiger partial charge in [0, 0.05) is 6.04 Å². The average molecular weight is 265 g/mol. The van der Waals surface area contributed by atoms with E-state index in [1.807, 2.05) is 12.1 Å². The van der Waals surface area contributed by atoms with E-state index >= 15 is 0 Å². The second kappa shape index (κ2) is 9.08. The van der Waals surface area contributed by atoms with Gasteiger partial charge in [0.25, 0.3) is 0 Å². The van der Waals surface area contributed by atoms with Crippen LogP contribution < -0.4 is 5.32 Å². The minimum Gasteiger partial charge on any atom is -0.314 e. The fourth-order valence-corrected chi connectivity index (χ4v) is 2.83. The molecule has 1 atom stereocenters. The summed E-state index contributed by atoms with van der Waals surface area (Å²) in [5, 5.41) is 3.62. The van der Waals surface area contributed by atoms with Gasteiger partial charge in [-0.1, -0.05) is 45.7 Å². The Bertz CT molecular complexity index is 328. The SMILES string of the molecule is CCCC(CCC)C(Cc1ccc(F)cc1)NCC. The Hall–Kier alpha value is -0.890. The molecule has 0 saturated carbocycles. The maximum atomic E-state index is 13.0. The smallest absolute Gasteiger partial charge is 0.123 e. The summed E-state index contributed by atoms with van der Waals surface area (Å²) in [7, 11) is 0. The molecule has 1 aromatic rings. The van der Waals surface area contributed by atoms with Crippen LogP contribution in [0.5, 0.6) is 0 Å². The van der Waals surface area contributed by atoms with Gasteiger partial charge in [-0.3, -0.25) is 0 Å². The van der Waals surface area contributed by atoms with Crippen LogP contribution in [0, 0.1) is 11.7 Å². The van der Waals surface area contributed by atoms with Gasteiger partial charge in [0.05, 0.1) is 0 Å². The topological polar surface area (TPSA) is 12.0 Å². The zero-order valence-corrected chi connectivity index (χ0v) is 12.6. The molecule has 0 fully saturated rings. The molecule has 0 aliphatic heterocycles. The van der Waals surface area contributed by atoms with Crippen molar-refractivity contribution >= 4 is 0 Å². The molecule has 1 nitrogen and oxygen atoms in total. The third-order valence-corrected chi connectivity index (χ3v) is 3.72. The van der Waals surface area contributed by atoms with Crippen LogP contribution in [-0.2, 0) is 6.42 Å². The van der Waals surface area contributed by atoms with Crippen molar-refractivity contribution in [2.24, 2.45) is 5.92 Å². The number of hydrogen-bond acceptors (Lipinski definition) is 1. The molecule has 1 unspecified atom stereocenters. The molecule has 1 rings (SSSR count). The summed E-state index contributed by atoms with van der Waals surface area (Å²) in [6.45, 7) is 7.66. The van der Waals surface area contributed by atoms with Gasteiger partial charge >= 0.3 is 0 Å². The lowest BCUT2D eigenvalue weighted by molar-refractivity contribution is 0.312. The van der Waals surface area contributed by atoms with Crippen molar-refractivity contribution < 1.29 is 4.39 Å². The first-order valence-electron chi connectivity index (χ1n) is 7.69. The number of likely N-dealkylation sites (N-methyl/N-ethyl adjacent to an activating group) is 1. The number of rotatable bonds is 9. The Kier molecular flexibility index (Phi) is 7.73. The lowest BCUT2D eigenvalue weighted by Crippen LogP contribution is -2.38. The van der Waals surface area contributed by atoms with Crippen LogP contribution in [0.3, 0.4) is 0 Å². The summed E-state index contributed by atoms with van der Waals surface area (Å²) < 4.78 is 13.0. The number of nitrogens with one attached hydrogen (secondary N) is 1. The summed E-state index contributed by atoms with van der Waals surface area (Å²) in [5.41, 5.74) is 1.23. The van der Waals surface area contributed by atoms with Gasteiger partial charge in [-0.15, -0.1) is 0 Å². The molecule has 0 aliphatic rings. The summed E-state index contributed by atoms with van der Waals surface area (Å²) in [5.74, 6) is 0.572. The van der Waals surface area contributed by atoms with E-state index in [0.29, 0.717) is 6.04 Å². The van der Waals surface area contributed by atoms with E-state index in [1.54, 1.807) is 12.1 Å². The van der Waals surface area contributed by atoms with Crippen LogP contribution in [0.2, 0.25) is 0 Å². The number of benzene rings is 1. The fraction of sp³-hybridized carbons (Fsp3) is 0.647. The van der Waals surface area contributed by atoms with E-state index in [2.05, 4.69) is 26.1 Å². The van der Waals surface area contributed by atoms with Crippen molar-refractivity contribution in [1.29, 1.82) is 0 Å². The Balaban J connectivity index is 2.71. The average Bonchev–Trinajstić information content (AvgIpc) is 2.40. The number of hydrogen-bond donors (Lipinski definition) is 1. The molecular formula is C17H28FN. The molecule has 0 spiro atoms. The zero-order chi connectivity index (χ0) is 14.1. The van der Waals surface area contributed by atoms with Crippen LogP contribution in [0.15, 0.2) is 24.3 Å².